The predicted molar refractivity (Wildman–Crippen MR) is 105 cm³/mol. The van der Waals surface area contributed by atoms with Crippen LogP contribution in [0.4, 0.5) is 5.69 Å². The van der Waals surface area contributed by atoms with Gasteiger partial charge in [-0.05, 0) is 42.8 Å². The van der Waals surface area contributed by atoms with E-state index in [1.165, 1.54) is 0 Å². The summed E-state index contributed by atoms with van der Waals surface area (Å²) in [6, 6.07) is 16.7. The summed E-state index contributed by atoms with van der Waals surface area (Å²) in [7, 11) is 1.87. The summed E-state index contributed by atoms with van der Waals surface area (Å²) in [5, 5.41) is 7.33. The lowest BCUT2D eigenvalue weighted by Crippen LogP contribution is -2.27. The van der Waals surface area contributed by atoms with E-state index in [2.05, 4.69) is 10.6 Å². The molecule has 2 aromatic carbocycles. The zero-order valence-corrected chi connectivity index (χ0v) is 15.2. The van der Waals surface area contributed by atoms with Crippen LogP contribution >= 0.6 is 11.6 Å². The van der Waals surface area contributed by atoms with Gasteiger partial charge in [0.2, 0.25) is 5.91 Å². The van der Waals surface area contributed by atoms with Crippen LogP contribution in [0.15, 0.2) is 54.6 Å². The monoisotopic (exact) mass is 369 g/mol. The van der Waals surface area contributed by atoms with Gasteiger partial charge in [0.1, 0.15) is 5.69 Å². The predicted octanol–water partition coefficient (Wildman–Crippen LogP) is 3.98. The van der Waals surface area contributed by atoms with Crippen molar-refractivity contribution in [3.63, 3.8) is 0 Å². The van der Waals surface area contributed by atoms with Crippen LogP contribution in [-0.2, 0) is 11.8 Å². The fourth-order valence-electron chi connectivity index (χ4n) is 2.80. The lowest BCUT2D eigenvalue weighted by molar-refractivity contribution is -0.116. The van der Waals surface area contributed by atoms with Crippen LogP contribution in [0.25, 0.3) is 10.9 Å². The highest BCUT2D eigenvalue weighted by Crippen LogP contribution is 2.18. The Balaban J connectivity index is 1.46. The summed E-state index contributed by atoms with van der Waals surface area (Å²) in [5.74, 6) is -0.229. The van der Waals surface area contributed by atoms with E-state index in [-0.39, 0.29) is 11.8 Å². The fraction of sp³-hybridized carbons (Fsp3) is 0.200. The molecular weight excluding hydrogens is 350 g/mol. The molecule has 3 rings (SSSR count). The molecule has 1 aromatic heterocycles. The van der Waals surface area contributed by atoms with Crippen LogP contribution in [-0.4, -0.2) is 22.9 Å². The Labute approximate surface area is 157 Å². The van der Waals surface area contributed by atoms with Gasteiger partial charge in [-0.3, -0.25) is 9.59 Å². The molecule has 26 heavy (non-hydrogen) atoms. The third kappa shape index (κ3) is 4.24. The summed E-state index contributed by atoms with van der Waals surface area (Å²) >= 11 is 5.81. The highest BCUT2D eigenvalue weighted by atomic mass is 35.5. The summed E-state index contributed by atoms with van der Waals surface area (Å²) < 4.78 is 1.87. The number of carbonyl (C=O) groups excluding carboxylic acids is 2. The Morgan fingerprint density at radius 2 is 1.81 bits per heavy atom. The van der Waals surface area contributed by atoms with Crippen molar-refractivity contribution in [2.24, 2.45) is 7.05 Å². The largest absolute Gasteiger partial charge is 0.351 e. The molecule has 1 heterocycles. The maximum Gasteiger partial charge on any atom is 0.267 e. The number of rotatable bonds is 6. The minimum Gasteiger partial charge on any atom is -0.351 e. The van der Waals surface area contributed by atoms with Crippen LogP contribution < -0.4 is 10.6 Å². The molecule has 0 unspecified atom stereocenters. The molecule has 2 amide bonds. The van der Waals surface area contributed by atoms with E-state index in [0.717, 1.165) is 10.9 Å². The standard InChI is InChI=1S/C20H20ClN3O2/c1-24-17-6-3-2-5-14(17)13-18(24)20(26)22-12-4-7-19(25)23-16-10-8-15(21)9-11-16/h2-3,5-6,8-11,13H,4,7,12H2,1H3,(H,22,26)(H,23,25). The lowest BCUT2D eigenvalue weighted by Gasteiger charge is -2.07. The van der Waals surface area contributed by atoms with Gasteiger partial charge < -0.3 is 15.2 Å². The number of aromatic nitrogens is 1. The molecule has 0 bridgehead atoms. The first-order chi connectivity index (χ1) is 12.5. The minimum absolute atomic E-state index is 0.0915. The number of anilines is 1. The quantitative estimate of drug-likeness (QED) is 0.645. The van der Waals surface area contributed by atoms with Crippen molar-refractivity contribution in [3.8, 4) is 0 Å². The Morgan fingerprint density at radius 3 is 2.54 bits per heavy atom. The van der Waals surface area contributed by atoms with Gasteiger partial charge in [-0.25, -0.2) is 0 Å². The average molecular weight is 370 g/mol. The molecule has 2 N–H and O–H groups in total. The summed E-state index contributed by atoms with van der Waals surface area (Å²) in [4.78, 5) is 24.3. The van der Waals surface area contributed by atoms with Crippen molar-refractivity contribution >= 4 is 40.0 Å². The lowest BCUT2D eigenvalue weighted by atomic mass is 10.2. The number of aryl methyl sites for hydroxylation is 1. The number of para-hydroxylation sites is 1. The molecule has 0 saturated heterocycles. The van der Waals surface area contributed by atoms with E-state index in [0.29, 0.717) is 35.8 Å². The van der Waals surface area contributed by atoms with E-state index in [1.54, 1.807) is 24.3 Å². The molecular formula is C20H20ClN3O2. The van der Waals surface area contributed by atoms with Gasteiger partial charge in [0, 0.05) is 41.6 Å². The van der Waals surface area contributed by atoms with E-state index in [4.69, 9.17) is 11.6 Å². The minimum atomic E-state index is -0.137. The van der Waals surface area contributed by atoms with Crippen LogP contribution in [0, 0.1) is 0 Å². The van der Waals surface area contributed by atoms with E-state index in [1.807, 2.05) is 41.9 Å². The van der Waals surface area contributed by atoms with E-state index >= 15 is 0 Å². The van der Waals surface area contributed by atoms with Crippen LogP contribution in [0.2, 0.25) is 5.02 Å². The number of hydrogen-bond donors (Lipinski definition) is 2. The second-order valence-electron chi connectivity index (χ2n) is 6.06. The van der Waals surface area contributed by atoms with Crippen molar-refractivity contribution in [3.05, 3.63) is 65.3 Å². The van der Waals surface area contributed by atoms with Gasteiger partial charge in [-0.2, -0.15) is 0 Å². The number of carbonyl (C=O) groups is 2. The smallest absolute Gasteiger partial charge is 0.267 e. The van der Waals surface area contributed by atoms with Gasteiger partial charge >= 0.3 is 0 Å². The van der Waals surface area contributed by atoms with E-state index < -0.39 is 0 Å². The average Bonchev–Trinajstić information content (AvgIpc) is 2.98. The normalized spacial score (nSPS) is 10.7. The van der Waals surface area contributed by atoms with Crippen molar-refractivity contribution in [1.82, 2.24) is 9.88 Å². The number of fused-ring (bicyclic) bond motifs is 1. The third-order valence-corrected chi connectivity index (χ3v) is 4.43. The molecule has 0 fully saturated rings. The molecule has 0 aliphatic heterocycles. The summed E-state index contributed by atoms with van der Waals surface area (Å²) in [6.45, 7) is 0.439. The van der Waals surface area contributed by atoms with Crippen molar-refractivity contribution in [2.45, 2.75) is 12.8 Å². The SMILES string of the molecule is Cn1c(C(=O)NCCCC(=O)Nc2ccc(Cl)cc2)cc2ccccc21. The summed E-state index contributed by atoms with van der Waals surface area (Å²) in [5.41, 5.74) is 2.33. The maximum atomic E-state index is 12.4. The molecule has 3 aromatic rings. The molecule has 0 radical (unpaired) electrons. The maximum absolute atomic E-state index is 12.4. The first-order valence-corrected chi connectivity index (χ1v) is 8.80. The van der Waals surface area contributed by atoms with Gasteiger partial charge in [0.15, 0.2) is 0 Å². The van der Waals surface area contributed by atoms with Gasteiger partial charge in [-0.1, -0.05) is 29.8 Å². The zero-order chi connectivity index (χ0) is 18.5. The molecule has 5 nitrogen and oxygen atoms in total. The number of nitrogens with one attached hydrogen (secondary N) is 2. The van der Waals surface area contributed by atoms with Crippen molar-refractivity contribution in [1.29, 1.82) is 0 Å². The highest BCUT2D eigenvalue weighted by molar-refractivity contribution is 6.30. The number of nitrogens with zero attached hydrogens (tertiary/aromatic N) is 1. The second-order valence-corrected chi connectivity index (χ2v) is 6.50. The van der Waals surface area contributed by atoms with Gasteiger partial charge in [0.05, 0.1) is 0 Å². The Bertz CT molecular complexity index is 932. The van der Waals surface area contributed by atoms with Crippen LogP contribution in [0.3, 0.4) is 0 Å². The fourth-order valence-corrected chi connectivity index (χ4v) is 2.93. The highest BCUT2D eigenvalue weighted by Gasteiger charge is 2.12. The first-order valence-electron chi connectivity index (χ1n) is 8.42. The van der Waals surface area contributed by atoms with Gasteiger partial charge in [0.25, 0.3) is 5.91 Å². The molecule has 0 aliphatic rings. The van der Waals surface area contributed by atoms with Crippen molar-refractivity contribution < 1.29 is 9.59 Å². The molecule has 0 aliphatic carbocycles. The van der Waals surface area contributed by atoms with E-state index in [9.17, 15) is 9.59 Å². The number of benzene rings is 2. The number of amides is 2. The van der Waals surface area contributed by atoms with Crippen LogP contribution in [0.1, 0.15) is 23.3 Å². The Hall–Kier alpha value is -2.79. The second kappa shape index (κ2) is 8.06. The third-order valence-electron chi connectivity index (χ3n) is 4.18. The van der Waals surface area contributed by atoms with Crippen molar-refractivity contribution in [2.75, 3.05) is 11.9 Å². The topological polar surface area (TPSA) is 63.1 Å². The molecule has 6 heteroatoms. The number of halogens is 1. The number of hydrogen-bond acceptors (Lipinski definition) is 2. The Kier molecular flexibility index (Phi) is 5.58. The molecule has 0 saturated carbocycles. The zero-order valence-electron chi connectivity index (χ0n) is 14.5. The molecule has 0 atom stereocenters. The molecule has 134 valence electrons. The Morgan fingerprint density at radius 1 is 1.08 bits per heavy atom. The van der Waals surface area contributed by atoms with Gasteiger partial charge in [-0.15, -0.1) is 0 Å². The van der Waals surface area contributed by atoms with Crippen LogP contribution in [0.5, 0.6) is 0 Å². The molecule has 0 spiro atoms. The first kappa shape index (κ1) is 18.0. The summed E-state index contributed by atoms with van der Waals surface area (Å²) in [6.07, 6.45) is 0.896.